The molecule has 3 heteroatoms. The van der Waals surface area contributed by atoms with E-state index in [9.17, 15) is 9.18 Å². The maximum absolute atomic E-state index is 12.8. The van der Waals surface area contributed by atoms with Crippen molar-refractivity contribution in [3.8, 4) is 0 Å². The van der Waals surface area contributed by atoms with Gasteiger partial charge in [0.25, 0.3) is 5.91 Å². The van der Waals surface area contributed by atoms with Crippen molar-refractivity contribution in [2.45, 2.75) is 51.5 Å². The molecule has 1 aromatic carbocycles. The molecule has 1 aromatic rings. The lowest BCUT2D eigenvalue weighted by Crippen LogP contribution is -2.40. The predicted octanol–water partition coefficient (Wildman–Crippen LogP) is 3.91. The molecule has 1 atom stereocenters. The van der Waals surface area contributed by atoms with E-state index in [0.29, 0.717) is 11.5 Å². The van der Waals surface area contributed by atoms with Crippen molar-refractivity contribution in [2.24, 2.45) is 5.92 Å². The van der Waals surface area contributed by atoms with E-state index in [1.54, 1.807) is 0 Å². The highest BCUT2D eigenvalue weighted by molar-refractivity contribution is 5.94. The van der Waals surface area contributed by atoms with Crippen LogP contribution in [0.3, 0.4) is 0 Å². The van der Waals surface area contributed by atoms with Gasteiger partial charge in [-0.15, -0.1) is 0 Å². The van der Waals surface area contributed by atoms with E-state index in [0.717, 1.165) is 6.42 Å². The van der Waals surface area contributed by atoms with Gasteiger partial charge in [0, 0.05) is 11.6 Å². The van der Waals surface area contributed by atoms with Crippen LogP contribution >= 0.6 is 0 Å². The lowest BCUT2D eigenvalue weighted by atomic mass is 9.83. The number of rotatable bonds is 4. The standard InChI is InChI=1S/C16H22FNO/c1-2-15(12-6-4-3-5-7-12)18-16(19)13-8-10-14(17)11-9-13/h8-12,15H,2-7H2,1H3,(H,18,19). The van der Waals surface area contributed by atoms with E-state index in [1.807, 2.05) is 0 Å². The molecular formula is C16H22FNO. The Morgan fingerprint density at radius 3 is 2.47 bits per heavy atom. The highest BCUT2D eigenvalue weighted by Gasteiger charge is 2.23. The zero-order valence-corrected chi connectivity index (χ0v) is 11.5. The molecule has 2 nitrogen and oxygen atoms in total. The third-order valence-corrected chi connectivity index (χ3v) is 4.08. The van der Waals surface area contributed by atoms with E-state index >= 15 is 0 Å². The quantitative estimate of drug-likeness (QED) is 0.876. The van der Waals surface area contributed by atoms with Crippen molar-refractivity contribution in [1.82, 2.24) is 5.32 Å². The fraction of sp³-hybridized carbons (Fsp3) is 0.562. The summed E-state index contributed by atoms with van der Waals surface area (Å²) in [5.41, 5.74) is 0.538. The van der Waals surface area contributed by atoms with Crippen molar-refractivity contribution < 1.29 is 9.18 Å². The van der Waals surface area contributed by atoms with Crippen molar-refractivity contribution in [2.75, 3.05) is 0 Å². The Labute approximate surface area is 114 Å². The van der Waals surface area contributed by atoms with Crippen molar-refractivity contribution >= 4 is 5.91 Å². The molecule has 2 rings (SSSR count). The third-order valence-electron chi connectivity index (χ3n) is 4.08. The second kappa shape index (κ2) is 6.69. The molecule has 1 amide bonds. The molecule has 0 aromatic heterocycles. The highest BCUT2D eigenvalue weighted by Crippen LogP contribution is 2.27. The van der Waals surface area contributed by atoms with E-state index in [-0.39, 0.29) is 17.8 Å². The van der Waals surface area contributed by atoms with Crippen LogP contribution in [0.2, 0.25) is 0 Å². The Balaban J connectivity index is 1.97. The number of benzene rings is 1. The highest BCUT2D eigenvalue weighted by atomic mass is 19.1. The molecule has 1 aliphatic rings. The average molecular weight is 263 g/mol. The topological polar surface area (TPSA) is 29.1 Å². The van der Waals surface area contributed by atoms with Gasteiger partial charge in [-0.3, -0.25) is 4.79 Å². The Morgan fingerprint density at radius 2 is 1.89 bits per heavy atom. The minimum absolute atomic E-state index is 0.0857. The first-order valence-electron chi connectivity index (χ1n) is 7.27. The van der Waals surface area contributed by atoms with Gasteiger partial charge >= 0.3 is 0 Å². The fourth-order valence-corrected chi connectivity index (χ4v) is 2.94. The number of nitrogens with one attached hydrogen (secondary N) is 1. The molecule has 19 heavy (non-hydrogen) atoms. The summed E-state index contributed by atoms with van der Waals surface area (Å²) in [5.74, 6) is 0.205. The molecule has 1 N–H and O–H groups in total. The normalized spacial score (nSPS) is 18.0. The van der Waals surface area contributed by atoms with Crippen molar-refractivity contribution in [3.63, 3.8) is 0 Å². The molecule has 104 valence electrons. The van der Waals surface area contributed by atoms with Crippen LogP contribution in [0.1, 0.15) is 55.8 Å². The fourth-order valence-electron chi connectivity index (χ4n) is 2.94. The summed E-state index contributed by atoms with van der Waals surface area (Å²) in [6, 6.07) is 5.99. The van der Waals surface area contributed by atoms with Crippen molar-refractivity contribution in [1.29, 1.82) is 0 Å². The van der Waals surface area contributed by atoms with Gasteiger partial charge in [0.05, 0.1) is 0 Å². The number of amides is 1. The van der Waals surface area contributed by atoms with Gasteiger partial charge in [-0.2, -0.15) is 0 Å². The van der Waals surface area contributed by atoms with Gasteiger partial charge in [-0.25, -0.2) is 4.39 Å². The summed E-state index contributed by atoms with van der Waals surface area (Å²) in [7, 11) is 0. The van der Waals surface area contributed by atoms with Crippen molar-refractivity contribution in [3.05, 3.63) is 35.6 Å². The van der Waals surface area contributed by atoms with Crippen LogP contribution in [0.15, 0.2) is 24.3 Å². The molecule has 1 aliphatic carbocycles. The maximum Gasteiger partial charge on any atom is 0.251 e. The first-order chi connectivity index (χ1) is 9.20. The average Bonchev–Trinajstić information content (AvgIpc) is 2.46. The first-order valence-corrected chi connectivity index (χ1v) is 7.27. The molecule has 0 radical (unpaired) electrons. The summed E-state index contributed by atoms with van der Waals surface area (Å²) < 4.78 is 12.8. The zero-order chi connectivity index (χ0) is 13.7. The summed E-state index contributed by atoms with van der Waals surface area (Å²) in [5, 5.41) is 3.11. The SMILES string of the molecule is CCC(NC(=O)c1ccc(F)cc1)C1CCCCC1. The maximum atomic E-state index is 12.8. The Hall–Kier alpha value is -1.38. The minimum atomic E-state index is -0.309. The monoisotopic (exact) mass is 263 g/mol. The molecule has 0 heterocycles. The summed E-state index contributed by atoms with van der Waals surface area (Å²) in [4.78, 5) is 12.1. The van der Waals surface area contributed by atoms with Gasteiger partial charge in [-0.05, 0) is 49.4 Å². The summed E-state index contributed by atoms with van der Waals surface area (Å²) in [6.07, 6.45) is 7.24. The summed E-state index contributed by atoms with van der Waals surface area (Å²) in [6.45, 7) is 2.12. The second-order valence-electron chi connectivity index (χ2n) is 5.39. The number of carbonyl (C=O) groups excluding carboxylic acids is 1. The Bertz CT molecular complexity index is 409. The molecule has 0 saturated heterocycles. The number of halogens is 1. The Kier molecular flexibility index (Phi) is 4.94. The lowest BCUT2D eigenvalue weighted by Gasteiger charge is -2.30. The Morgan fingerprint density at radius 1 is 1.26 bits per heavy atom. The lowest BCUT2D eigenvalue weighted by molar-refractivity contribution is 0.0911. The van der Waals surface area contributed by atoms with Crippen LogP contribution in [0.5, 0.6) is 0 Å². The smallest absolute Gasteiger partial charge is 0.251 e. The first kappa shape index (κ1) is 14.0. The minimum Gasteiger partial charge on any atom is -0.349 e. The van der Waals surface area contributed by atoms with Crippen LogP contribution in [0, 0.1) is 11.7 Å². The molecule has 1 saturated carbocycles. The van der Waals surface area contributed by atoms with Crippen LogP contribution in [0.25, 0.3) is 0 Å². The molecule has 0 bridgehead atoms. The van der Waals surface area contributed by atoms with Crippen LogP contribution < -0.4 is 5.32 Å². The van der Waals surface area contributed by atoms with Gasteiger partial charge in [-0.1, -0.05) is 26.2 Å². The zero-order valence-electron chi connectivity index (χ0n) is 11.5. The number of hydrogen-bond acceptors (Lipinski definition) is 1. The van der Waals surface area contributed by atoms with Crippen LogP contribution in [0.4, 0.5) is 4.39 Å². The van der Waals surface area contributed by atoms with Gasteiger partial charge < -0.3 is 5.32 Å². The number of hydrogen-bond donors (Lipinski definition) is 1. The van der Waals surface area contributed by atoms with E-state index in [4.69, 9.17) is 0 Å². The second-order valence-corrected chi connectivity index (χ2v) is 5.39. The van der Waals surface area contributed by atoms with Gasteiger partial charge in [0.2, 0.25) is 0 Å². The van der Waals surface area contributed by atoms with E-state index < -0.39 is 0 Å². The van der Waals surface area contributed by atoms with E-state index in [1.165, 1.54) is 56.4 Å². The predicted molar refractivity (Wildman–Crippen MR) is 74.5 cm³/mol. The molecular weight excluding hydrogens is 241 g/mol. The van der Waals surface area contributed by atoms with Crippen LogP contribution in [-0.2, 0) is 0 Å². The molecule has 0 aliphatic heterocycles. The molecule has 1 unspecified atom stereocenters. The van der Waals surface area contributed by atoms with Gasteiger partial charge in [0.15, 0.2) is 0 Å². The summed E-state index contributed by atoms with van der Waals surface area (Å²) >= 11 is 0. The molecule has 0 spiro atoms. The van der Waals surface area contributed by atoms with Gasteiger partial charge in [0.1, 0.15) is 5.82 Å². The van der Waals surface area contributed by atoms with Crippen LogP contribution in [-0.4, -0.2) is 11.9 Å². The largest absolute Gasteiger partial charge is 0.349 e. The third kappa shape index (κ3) is 3.79. The van der Waals surface area contributed by atoms with E-state index in [2.05, 4.69) is 12.2 Å². The number of carbonyl (C=O) groups is 1. The molecule has 1 fully saturated rings.